The van der Waals surface area contributed by atoms with Gasteiger partial charge < -0.3 is 70.4 Å². The minimum absolute atomic E-state index is 0.0455. The molecule has 5 aliphatic heterocycles. The third-order valence-electron chi connectivity index (χ3n) is 11.9. The number of amides is 8. The number of aliphatic hydroxyl groups is 4. The Hall–Kier alpha value is -5.20. The van der Waals surface area contributed by atoms with Crippen molar-refractivity contribution in [3.05, 3.63) is 23.8 Å². The van der Waals surface area contributed by atoms with E-state index < -0.39 is 114 Å². The summed E-state index contributed by atoms with van der Waals surface area (Å²) >= 11 is 1.06. The normalized spacial score (nSPS) is 29.0. The summed E-state index contributed by atoms with van der Waals surface area (Å²) in [4.78, 5) is 88.2. The molecule has 0 aliphatic carbocycles. The number of Topliss-reactive ketones (excluding diaryl/α,β-unsaturated/α-hetero) is 1. The minimum atomic E-state index is -5.20. The van der Waals surface area contributed by atoms with E-state index in [1.807, 2.05) is 0 Å². The first-order chi connectivity index (χ1) is 32.5. The molecule has 6 rings (SSSR count). The van der Waals surface area contributed by atoms with Crippen LogP contribution in [0.2, 0.25) is 0 Å². The molecule has 384 valence electrons. The van der Waals surface area contributed by atoms with Gasteiger partial charge in [0.2, 0.25) is 11.8 Å². The van der Waals surface area contributed by atoms with Gasteiger partial charge >= 0.3 is 36.2 Å². The number of rotatable bonds is 17. The van der Waals surface area contributed by atoms with Crippen molar-refractivity contribution in [2.45, 2.75) is 111 Å². The molecular formula is C40H51F6N7O15S. The first kappa shape index (κ1) is 53.2. The summed E-state index contributed by atoms with van der Waals surface area (Å²) in [6, 6.07) is 0.00146. The van der Waals surface area contributed by atoms with Gasteiger partial charge in [-0.2, -0.15) is 26.3 Å². The molecule has 5 saturated heterocycles. The molecule has 0 saturated carbocycles. The SMILES string of the molecule is CC(=O)CSC1CC(=O)N(Cc2ccc(OCCNC(=O)NCC3O[C@H]4CCN(C(=O)C(F)(F)F)[C@H]4[C@@H](O)[C@H]3O)c(OCCNC(=O)NCC3O[C@H]4CCN(C(=O)C(F)(F)F)[C@H]4[C@@H](O)[C@H]3O)c2)C1=O. The van der Waals surface area contributed by atoms with Crippen LogP contribution in [0.15, 0.2) is 18.2 Å². The molecule has 1 aromatic carbocycles. The average molecular weight is 1020 g/mol. The first-order valence-electron chi connectivity index (χ1n) is 21.6. The summed E-state index contributed by atoms with van der Waals surface area (Å²) in [6.07, 6.45) is -22.2. The van der Waals surface area contributed by atoms with Crippen LogP contribution in [0.1, 0.15) is 31.7 Å². The van der Waals surface area contributed by atoms with Crippen LogP contribution in [0, 0.1) is 0 Å². The highest BCUT2D eigenvalue weighted by atomic mass is 32.2. The number of carbonyl (C=O) groups excluding carboxylic acids is 7. The van der Waals surface area contributed by atoms with Crippen LogP contribution >= 0.6 is 11.8 Å². The Labute approximate surface area is 392 Å². The molecule has 3 unspecified atom stereocenters. The van der Waals surface area contributed by atoms with Crippen molar-refractivity contribution in [2.75, 3.05) is 58.2 Å². The Kier molecular flexibility index (Phi) is 17.1. The van der Waals surface area contributed by atoms with Gasteiger partial charge in [0.1, 0.15) is 55.6 Å². The van der Waals surface area contributed by atoms with Crippen molar-refractivity contribution in [1.82, 2.24) is 36.0 Å². The molecule has 69 heavy (non-hydrogen) atoms. The fourth-order valence-corrected chi connectivity index (χ4v) is 9.63. The molecule has 0 bridgehead atoms. The second-order valence-corrected chi connectivity index (χ2v) is 17.9. The van der Waals surface area contributed by atoms with Gasteiger partial charge in [0, 0.05) is 32.6 Å². The van der Waals surface area contributed by atoms with Crippen LogP contribution < -0.4 is 30.7 Å². The zero-order valence-corrected chi connectivity index (χ0v) is 37.4. The van der Waals surface area contributed by atoms with Gasteiger partial charge in [0.25, 0.3) is 0 Å². The quantitative estimate of drug-likeness (QED) is 0.0490. The zero-order chi connectivity index (χ0) is 50.5. The topological polar surface area (TPSA) is 295 Å². The van der Waals surface area contributed by atoms with Crippen LogP contribution in [-0.4, -0.2) is 213 Å². The van der Waals surface area contributed by atoms with Crippen molar-refractivity contribution in [3.63, 3.8) is 0 Å². The molecule has 29 heteroatoms. The van der Waals surface area contributed by atoms with Crippen molar-refractivity contribution < 1.29 is 99.3 Å². The number of aliphatic hydroxyl groups excluding tert-OH is 4. The fraction of sp³-hybridized carbons (Fsp3) is 0.675. The first-order valence-corrected chi connectivity index (χ1v) is 22.7. The number of urea groups is 2. The number of nitrogens with zero attached hydrogens (tertiary/aromatic N) is 3. The number of ether oxygens (including phenoxy) is 4. The van der Waals surface area contributed by atoms with Crippen molar-refractivity contribution in [2.24, 2.45) is 0 Å². The molecule has 0 spiro atoms. The predicted octanol–water partition coefficient (Wildman–Crippen LogP) is -1.70. The van der Waals surface area contributed by atoms with E-state index in [0.29, 0.717) is 15.4 Å². The van der Waals surface area contributed by atoms with E-state index in [-0.39, 0.29) is 101 Å². The van der Waals surface area contributed by atoms with E-state index in [1.165, 1.54) is 19.1 Å². The summed E-state index contributed by atoms with van der Waals surface area (Å²) < 4.78 is 102. The molecule has 5 aliphatic rings. The fourth-order valence-electron chi connectivity index (χ4n) is 8.67. The van der Waals surface area contributed by atoms with E-state index in [2.05, 4.69) is 21.3 Å². The molecule has 22 nitrogen and oxygen atoms in total. The monoisotopic (exact) mass is 1020 g/mol. The number of fused-ring (bicyclic) bond motifs is 2. The van der Waals surface area contributed by atoms with E-state index in [1.54, 1.807) is 6.07 Å². The van der Waals surface area contributed by atoms with Crippen LogP contribution in [0.25, 0.3) is 0 Å². The Morgan fingerprint density at radius 1 is 0.725 bits per heavy atom. The number of ketones is 1. The lowest BCUT2D eigenvalue weighted by Gasteiger charge is -2.42. The molecule has 5 fully saturated rings. The molecule has 8 N–H and O–H groups in total. The number of hydrogen-bond donors (Lipinski definition) is 8. The van der Waals surface area contributed by atoms with Crippen molar-refractivity contribution in [3.8, 4) is 11.5 Å². The number of benzene rings is 1. The van der Waals surface area contributed by atoms with Crippen molar-refractivity contribution >= 4 is 53.2 Å². The van der Waals surface area contributed by atoms with E-state index >= 15 is 0 Å². The Balaban J connectivity index is 0.989. The number of halogens is 6. The van der Waals surface area contributed by atoms with Crippen LogP contribution in [0.4, 0.5) is 35.9 Å². The Morgan fingerprint density at radius 3 is 1.67 bits per heavy atom. The highest BCUT2D eigenvalue weighted by Gasteiger charge is 2.57. The lowest BCUT2D eigenvalue weighted by Crippen LogP contribution is -2.63. The second kappa shape index (κ2) is 22.3. The van der Waals surface area contributed by atoms with Gasteiger partial charge in [-0.3, -0.25) is 28.9 Å². The van der Waals surface area contributed by atoms with Crippen molar-refractivity contribution in [1.29, 1.82) is 0 Å². The second-order valence-electron chi connectivity index (χ2n) is 16.7. The molecule has 0 radical (unpaired) electrons. The van der Waals surface area contributed by atoms with Gasteiger partial charge in [-0.1, -0.05) is 6.07 Å². The molecule has 11 atom stereocenters. The van der Waals surface area contributed by atoms with E-state index in [4.69, 9.17) is 18.9 Å². The summed E-state index contributed by atoms with van der Waals surface area (Å²) in [7, 11) is 0. The summed E-state index contributed by atoms with van der Waals surface area (Å²) in [5, 5.41) is 51.5. The largest absolute Gasteiger partial charge is 0.488 e. The highest BCUT2D eigenvalue weighted by molar-refractivity contribution is 8.01. The predicted molar refractivity (Wildman–Crippen MR) is 221 cm³/mol. The molecule has 1 aromatic rings. The number of imide groups is 1. The number of carbonyl (C=O) groups is 7. The third-order valence-corrected chi connectivity index (χ3v) is 13.3. The lowest BCUT2D eigenvalue weighted by atomic mass is 9.93. The number of nitrogens with one attached hydrogen (secondary N) is 4. The Bertz CT molecular complexity index is 2090. The smallest absolute Gasteiger partial charge is 0.471 e. The van der Waals surface area contributed by atoms with E-state index in [9.17, 15) is 80.3 Å². The molecule has 8 amide bonds. The van der Waals surface area contributed by atoms with Gasteiger partial charge in [-0.05, 0) is 37.5 Å². The standard InChI is InChI=1S/C40H51F6N7O15S/c1-18(54)17-69-26-13-27(55)53(34(26)60)16-19-2-3-20(65-10-6-47-37(63)49-14-24-30(56)32(58)28-21(67-24)4-8-51(28)35(61)39(41,42)43)23(12-19)66-11-7-48-38(64)50-15-25-31(57)33(59)29-22(68-25)5-9-52(29)36(62)40(44,45)46/h2-3,12,21-22,24-26,28-33,56-59H,4-11,13-17H2,1H3,(H2,47,49,63)(H2,48,50,64)/t21-,22-,24?,25?,26?,28+,29+,30-,31-,32+,33+/m0/s1. The maximum atomic E-state index is 13.1. The summed E-state index contributed by atoms with van der Waals surface area (Å²) in [5.41, 5.74) is 0.420. The number of alkyl halides is 6. The number of hydrogen-bond acceptors (Lipinski definition) is 16. The van der Waals surface area contributed by atoms with Crippen LogP contribution in [0.3, 0.4) is 0 Å². The van der Waals surface area contributed by atoms with Crippen LogP contribution in [0.5, 0.6) is 11.5 Å². The minimum Gasteiger partial charge on any atom is -0.488 e. The zero-order valence-electron chi connectivity index (χ0n) is 36.6. The number of thioether (sulfide) groups is 1. The maximum absolute atomic E-state index is 13.1. The summed E-state index contributed by atoms with van der Waals surface area (Å²) in [6.45, 7) is -0.992. The molecular weight excluding hydrogens is 965 g/mol. The average Bonchev–Trinajstić information content (AvgIpc) is 3.99. The van der Waals surface area contributed by atoms with Gasteiger partial charge in [-0.15, -0.1) is 11.8 Å². The maximum Gasteiger partial charge on any atom is 0.471 e. The van der Waals surface area contributed by atoms with Gasteiger partial charge in [0.15, 0.2) is 11.5 Å². The van der Waals surface area contributed by atoms with Gasteiger partial charge in [-0.25, -0.2) is 9.59 Å². The van der Waals surface area contributed by atoms with Crippen LogP contribution in [-0.2, 0) is 40.0 Å². The molecule has 0 aromatic heterocycles. The van der Waals surface area contributed by atoms with Gasteiger partial charge in [0.05, 0.1) is 54.9 Å². The summed E-state index contributed by atoms with van der Waals surface area (Å²) in [5.74, 6) is -5.23. The number of likely N-dealkylation sites (tertiary alicyclic amines) is 3. The lowest BCUT2D eigenvalue weighted by molar-refractivity contribution is -0.207. The van der Waals surface area contributed by atoms with E-state index in [0.717, 1.165) is 16.7 Å². The molecule has 5 heterocycles. The third kappa shape index (κ3) is 12.8. The highest BCUT2D eigenvalue weighted by Crippen LogP contribution is 2.37. The Morgan fingerprint density at radius 2 is 1.20 bits per heavy atom.